The van der Waals surface area contributed by atoms with Gasteiger partial charge in [0.15, 0.2) is 11.7 Å². The highest BCUT2D eigenvalue weighted by molar-refractivity contribution is 14.0. The minimum atomic E-state index is -0.0281. The Bertz CT molecular complexity index is 600. The number of nitrogens with one attached hydrogen (secondary N) is 3. The summed E-state index contributed by atoms with van der Waals surface area (Å²) in [5, 5.41) is 13.6. The van der Waals surface area contributed by atoms with Crippen LogP contribution >= 0.6 is 24.0 Å². The maximum atomic E-state index is 5.27. The molecule has 8 heteroatoms. The van der Waals surface area contributed by atoms with Gasteiger partial charge >= 0.3 is 0 Å². The molecule has 0 aliphatic rings. The van der Waals surface area contributed by atoms with E-state index in [1.807, 2.05) is 19.1 Å². The molecule has 2 aromatic heterocycles. The van der Waals surface area contributed by atoms with Gasteiger partial charge in [0.1, 0.15) is 5.82 Å². The molecule has 0 aliphatic carbocycles. The molecule has 2 aromatic rings. The summed E-state index contributed by atoms with van der Waals surface area (Å²) in [5.41, 5.74) is -0.0281. The lowest BCUT2D eigenvalue weighted by Crippen LogP contribution is -2.47. The van der Waals surface area contributed by atoms with Crippen LogP contribution < -0.4 is 10.6 Å². The van der Waals surface area contributed by atoms with Crippen molar-refractivity contribution in [1.29, 1.82) is 0 Å². The highest BCUT2D eigenvalue weighted by atomic mass is 127. The zero-order valence-electron chi connectivity index (χ0n) is 14.0. The SMILES string of the molecule is CCNC(=NCCc1nc(-c2ccco2)n[nH]1)NC(C)(C)C.I. The molecule has 0 saturated carbocycles. The number of guanidine groups is 1. The minimum Gasteiger partial charge on any atom is -0.461 e. The minimum absolute atomic E-state index is 0. The van der Waals surface area contributed by atoms with Gasteiger partial charge < -0.3 is 15.1 Å². The number of hydrogen-bond donors (Lipinski definition) is 3. The normalized spacial score (nSPS) is 11.9. The molecule has 3 N–H and O–H groups in total. The number of furan rings is 1. The molecule has 0 aromatic carbocycles. The lowest BCUT2D eigenvalue weighted by molar-refractivity contribution is 0.501. The van der Waals surface area contributed by atoms with Crippen LogP contribution in [0.25, 0.3) is 11.6 Å². The van der Waals surface area contributed by atoms with Gasteiger partial charge in [0.2, 0.25) is 5.82 Å². The Morgan fingerprint density at radius 1 is 1.39 bits per heavy atom. The molecule has 0 amide bonds. The fraction of sp³-hybridized carbons (Fsp3) is 0.533. The Morgan fingerprint density at radius 2 is 2.17 bits per heavy atom. The lowest BCUT2D eigenvalue weighted by Gasteiger charge is -2.23. The molecule has 0 fully saturated rings. The molecule has 23 heavy (non-hydrogen) atoms. The van der Waals surface area contributed by atoms with Crippen molar-refractivity contribution < 1.29 is 4.42 Å². The molecule has 0 saturated heterocycles. The van der Waals surface area contributed by atoms with E-state index in [1.165, 1.54) is 0 Å². The number of aliphatic imine (C=N–C) groups is 1. The molecular formula is C15H25IN6O. The van der Waals surface area contributed by atoms with Gasteiger partial charge in [-0.15, -0.1) is 24.0 Å². The van der Waals surface area contributed by atoms with E-state index in [9.17, 15) is 0 Å². The van der Waals surface area contributed by atoms with Crippen LogP contribution in [-0.4, -0.2) is 39.8 Å². The molecule has 0 radical (unpaired) electrons. The van der Waals surface area contributed by atoms with Crippen molar-refractivity contribution in [2.45, 2.75) is 39.7 Å². The first kappa shape index (κ1) is 19.5. The third-order valence-corrected chi connectivity index (χ3v) is 2.73. The average molecular weight is 432 g/mol. The van der Waals surface area contributed by atoms with E-state index in [2.05, 4.69) is 51.6 Å². The van der Waals surface area contributed by atoms with Gasteiger partial charge in [0.25, 0.3) is 0 Å². The molecule has 7 nitrogen and oxygen atoms in total. The van der Waals surface area contributed by atoms with Gasteiger partial charge in [-0.2, -0.15) is 5.10 Å². The summed E-state index contributed by atoms with van der Waals surface area (Å²) in [4.78, 5) is 8.95. The molecule has 0 aliphatic heterocycles. The van der Waals surface area contributed by atoms with E-state index in [1.54, 1.807) is 6.26 Å². The van der Waals surface area contributed by atoms with Gasteiger partial charge in [-0.05, 0) is 39.8 Å². The first-order chi connectivity index (χ1) is 10.5. The summed E-state index contributed by atoms with van der Waals surface area (Å²) in [6.07, 6.45) is 2.30. The smallest absolute Gasteiger partial charge is 0.216 e. The molecule has 128 valence electrons. The van der Waals surface area contributed by atoms with Crippen molar-refractivity contribution in [3.05, 3.63) is 24.2 Å². The highest BCUT2D eigenvalue weighted by Crippen LogP contribution is 2.14. The summed E-state index contributed by atoms with van der Waals surface area (Å²) in [6, 6.07) is 3.65. The molecule has 2 heterocycles. The van der Waals surface area contributed by atoms with Crippen LogP contribution in [0.15, 0.2) is 27.8 Å². The Labute approximate surface area is 153 Å². The topological polar surface area (TPSA) is 91.1 Å². The Hall–Kier alpha value is -1.58. The molecule has 2 rings (SSSR count). The van der Waals surface area contributed by atoms with Gasteiger partial charge in [-0.1, -0.05) is 0 Å². The lowest BCUT2D eigenvalue weighted by atomic mass is 10.1. The summed E-state index contributed by atoms with van der Waals surface area (Å²) in [5.74, 6) is 2.83. The van der Waals surface area contributed by atoms with Crippen LogP contribution in [0.2, 0.25) is 0 Å². The summed E-state index contributed by atoms with van der Waals surface area (Å²) < 4.78 is 5.27. The predicted molar refractivity (Wildman–Crippen MR) is 102 cm³/mol. The third kappa shape index (κ3) is 6.59. The van der Waals surface area contributed by atoms with Crippen molar-refractivity contribution >= 4 is 29.9 Å². The average Bonchev–Trinajstić information content (AvgIpc) is 3.07. The van der Waals surface area contributed by atoms with Crippen molar-refractivity contribution in [1.82, 2.24) is 25.8 Å². The summed E-state index contributed by atoms with van der Waals surface area (Å²) >= 11 is 0. The van der Waals surface area contributed by atoms with Gasteiger partial charge in [0, 0.05) is 25.0 Å². The zero-order chi connectivity index (χ0) is 16.0. The van der Waals surface area contributed by atoms with E-state index in [0.717, 1.165) is 18.3 Å². The zero-order valence-corrected chi connectivity index (χ0v) is 16.3. The Balaban J connectivity index is 0.00000264. The van der Waals surface area contributed by atoms with E-state index >= 15 is 0 Å². The van der Waals surface area contributed by atoms with Crippen LogP contribution in [0.3, 0.4) is 0 Å². The number of aromatic nitrogens is 3. The molecule has 0 unspecified atom stereocenters. The van der Waals surface area contributed by atoms with E-state index < -0.39 is 0 Å². The molecule has 0 spiro atoms. The number of H-pyrrole nitrogens is 1. The Kier molecular flexibility index (Phi) is 7.53. The van der Waals surface area contributed by atoms with Crippen molar-refractivity contribution in [3.63, 3.8) is 0 Å². The number of hydrogen-bond acceptors (Lipinski definition) is 4. The second-order valence-corrected chi connectivity index (χ2v) is 5.97. The standard InChI is InChI=1S/C15H24N6O.HI/c1-5-16-14(19-15(2,3)4)17-9-8-12-18-13(21-20-12)11-7-6-10-22-11;/h6-7,10H,5,8-9H2,1-4H3,(H2,16,17,19)(H,18,20,21);1H. The van der Waals surface area contributed by atoms with E-state index in [0.29, 0.717) is 24.6 Å². The van der Waals surface area contributed by atoms with Gasteiger partial charge in [-0.25, -0.2) is 4.98 Å². The van der Waals surface area contributed by atoms with Crippen LogP contribution in [-0.2, 0) is 6.42 Å². The number of aromatic amines is 1. The second-order valence-electron chi connectivity index (χ2n) is 5.97. The highest BCUT2D eigenvalue weighted by Gasteiger charge is 2.12. The van der Waals surface area contributed by atoms with Crippen LogP contribution in [0.5, 0.6) is 0 Å². The predicted octanol–water partition coefficient (Wildman–Crippen LogP) is 2.58. The third-order valence-electron chi connectivity index (χ3n) is 2.73. The number of rotatable bonds is 5. The first-order valence-electron chi connectivity index (χ1n) is 7.49. The van der Waals surface area contributed by atoms with Crippen LogP contribution in [0, 0.1) is 0 Å². The first-order valence-corrected chi connectivity index (χ1v) is 7.49. The quantitative estimate of drug-likeness (QED) is 0.384. The molecular weight excluding hydrogens is 407 g/mol. The fourth-order valence-electron chi connectivity index (χ4n) is 1.86. The second kappa shape index (κ2) is 8.90. The maximum absolute atomic E-state index is 5.27. The largest absolute Gasteiger partial charge is 0.461 e. The Morgan fingerprint density at radius 3 is 2.78 bits per heavy atom. The number of halogens is 1. The van der Waals surface area contributed by atoms with Crippen molar-refractivity contribution in [2.24, 2.45) is 4.99 Å². The maximum Gasteiger partial charge on any atom is 0.216 e. The summed E-state index contributed by atoms with van der Waals surface area (Å²) in [6.45, 7) is 9.81. The molecule has 0 atom stereocenters. The van der Waals surface area contributed by atoms with Gasteiger partial charge in [-0.3, -0.25) is 10.1 Å². The number of nitrogens with zero attached hydrogens (tertiary/aromatic N) is 3. The summed E-state index contributed by atoms with van der Waals surface area (Å²) in [7, 11) is 0. The van der Waals surface area contributed by atoms with Gasteiger partial charge in [0.05, 0.1) is 6.26 Å². The van der Waals surface area contributed by atoms with E-state index in [4.69, 9.17) is 4.42 Å². The fourth-order valence-corrected chi connectivity index (χ4v) is 1.86. The van der Waals surface area contributed by atoms with Crippen LogP contribution in [0.1, 0.15) is 33.5 Å². The van der Waals surface area contributed by atoms with Crippen LogP contribution in [0.4, 0.5) is 0 Å². The van der Waals surface area contributed by atoms with Crippen molar-refractivity contribution in [3.8, 4) is 11.6 Å². The van der Waals surface area contributed by atoms with E-state index in [-0.39, 0.29) is 29.5 Å². The van der Waals surface area contributed by atoms with Crippen molar-refractivity contribution in [2.75, 3.05) is 13.1 Å². The molecule has 0 bridgehead atoms. The monoisotopic (exact) mass is 432 g/mol.